The lowest BCUT2D eigenvalue weighted by molar-refractivity contribution is 0.297. The van der Waals surface area contributed by atoms with Gasteiger partial charge in [0.15, 0.2) is 0 Å². The molecule has 0 bridgehead atoms. The van der Waals surface area contributed by atoms with Crippen LogP contribution in [0.25, 0.3) is 0 Å². The molecule has 0 radical (unpaired) electrons. The molecule has 0 heterocycles. The van der Waals surface area contributed by atoms with E-state index in [4.69, 9.17) is 21.9 Å². The summed E-state index contributed by atoms with van der Waals surface area (Å²) in [6.45, 7) is 9.45. The molecule has 4 nitrogen and oxygen atoms in total. The fourth-order valence-electron chi connectivity index (χ4n) is 2.95. The van der Waals surface area contributed by atoms with E-state index in [0.717, 1.165) is 28.9 Å². The number of hydrogen-bond acceptors (Lipinski definition) is 4. The van der Waals surface area contributed by atoms with Crippen LogP contribution in [0.1, 0.15) is 56.0 Å². The maximum atomic E-state index is 6.34. The summed E-state index contributed by atoms with van der Waals surface area (Å²) in [6.07, 6.45) is 0.734. The van der Waals surface area contributed by atoms with Crippen molar-refractivity contribution >= 4 is 0 Å². The van der Waals surface area contributed by atoms with Crippen molar-refractivity contribution in [2.24, 2.45) is 17.2 Å². The van der Waals surface area contributed by atoms with Crippen molar-refractivity contribution in [1.82, 2.24) is 0 Å². The molecule has 0 aliphatic heterocycles. The third kappa shape index (κ3) is 5.31. The first kappa shape index (κ1) is 20.4. The molecular weight excluding hydrogens is 322 g/mol. The summed E-state index contributed by atoms with van der Waals surface area (Å²) in [6, 6.07) is 14.2. The molecule has 0 aliphatic carbocycles. The van der Waals surface area contributed by atoms with Gasteiger partial charge in [-0.2, -0.15) is 0 Å². The molecule has 0 amide bonds. The molecule has 2 rings (SSSR count). The van der Waals surface area contributed by atoms with Crippen LogP contribution in [0, 0.1) is 0 Å². The molecule has 0 aliphatic rings. The zero-order valence-corrected chi connectivity index (χ0v) is 16.5. The highest BCUT2D eigenvalue weighted by Crippen LogP contribution is 2.35. The monoisotopic (exact) mass is 355 g/mol. The second kappa shape index (κ2) is 8.67. The molecule has 0 saturated heterocycles. The van der Waals surface area contributed by atoms with Crippen molar-refractivity contribution in [1.29, 1.82) is 0 Å². The van der Waals surface area contributed by atoms with E-state index >= 15 is 0 Å². The van der Waals surface area contributed by atoms with Crippen molar-refractivity contribution in [3.63, 3.8) is 0 Å². The van der Waals surface area contributed by atoms with Gasteiger partial charge >= 0.3 is 0 Å². The van der Waals surface area contributed by atoms with Gasteiger partial charge in [-0.1, -0.05) is 57.2 Å². The van der Waals surface area contributed by atoms with Crippen LogP contribution in [0.3, 0.4) is 0 Å². The van der Waals surface area contributed by atoms with Gasteiger partial charge in [0.05, 0.1) is 0 Å². The van der Waals surface area contributed by atoms with Crippen LogP contribution in [0.15, 0.2) is 42.5 Å². The van der Waals surface area contributed by atoms with E-state index in [2.05, 4.69) is 45.0 Å². The predicted molar refractivity (Wildman–Crippen MR) is 109 cm³/mol. The number of hydrogen-bond donors (Lipinski definition) is 3. The van der Waals surface area contributed by atoms with Crippen molar-refractivity contribution in [2.75, 3.05) is 6.54 Å². The third-order valence-electron chi connectivity index (χ3n) is 4.48. The summed E-state index contributed by atoms with van der Waals surface area (Å²) in [5.41, 5.74) is 22.7. The number of nitrogens with two attached hydrogens (primary N) is 3. The van der Waals surface area contributed by atoms with Gasteiger partial charge in [0, 0.05) is 24.2 Å². The van der Waals surface area contributed by atoms with E-state index in [1.54, 1.807) is 0 Å². The van der Waals surface area contributed by atoms with Crippen LogP contribution < -0.4 is 21.9 Å². The normalized spacial score (nSPS) is 14.1. The Morgan fingerprint density at radius 3 is 2.23 bits per heavy atom. The average molecular weight is 356 g/mol. The van der Waals surface area contributed by atoms with Crippen molar-refractivity contribution in [3.05, 3.63) is 64.7 Å². The van der Waals surface area contributed by atoms with Crippen LogP contribution >= 0.6 is 0 Å². The van der Waals surface area contributed by atoms with Gasteiger partial charge < -0.3 is 21.9 Å². The maximum absolute atomic E-state index is 6.34. The van der Waals surface area contributed by atoms with Crippen LogP contribution in [0.4, 0.5) is 0 Å². The van der Waals surface area contributed by atoms with Crippen molar-refractivity contribution < 1.29 is 4.74 Å². The van der Waals surface area contributed by atoms with Gasteiger partial charge in [-0.25, -0.2) is 0 Å². The molecule has 2 atom stereocenters. The lowest BCUT2D eigenvalue weighted by Gasteiger charge is -2.26. The molecule has 2 aromatic rings. The molecule has 4 heteroatoms. The minimum atomic E-state index is -0.269. The molecular formula is C22H33N3O. The van der Waals surface area contributed by atoms with Crippen molar-refractivity contribution in [2.45, 2.75) is 58.2 Å². The lowest BCUT2D eigenvalue weighted by atomic mass is 9.83. The van der Waals surface area contributed by atoms with Crippen LogP contribution in [-0.4, -0.2) is 12.6 Å². The van der Waals surface area contributed by atoms with E-state index in [1.807, 2.05) is 25.1 Å². The first-order valence-corrected chi connectivity index (χ1v) is 9.27. The Balaban J connectivity index is 2.49. The van der Waals surface area contributed by atoms with Gasteiger partial charge in [0.2, 0.25) is 0 Å². The highest BCUT2D eigenvalue weighted by atomic mass is 16.5. The lowest BCUT2D eigenvalue weighted by Crippen LogP contribution is -2.25. The average Bonchev–Trinajstić information content (AvgIpc) is 2.59. The summed E-state index contributed by atoms with van der Waals surface area (Å²) in [5.74, 6) is 0.831. The Kier molecular flexibility index (Phi) is 6.81. The standard InChI is InChI=1S/C22H33N3O/c1-15(24)10-17-11-18(22(2,3)4)12-19(20(25)13-23)21(17)26-14-16-8-6-5-7-9-16/h5-9,11-12,15,20H,10,13-14,23-25H2,1-4H3. The molecule has 6 N–H and O–H groups in total. The largest absolute Gasteiger partial charge is 0.488 e. The second-order valence-corrected chi connectivity index (χ2v) is 8.10. The fraction of sp³-hybridized carbons (Fsp3) is 0.455. The number of ether oxygens (including phenoxy) is 1. The smallest absolute Gasteiger partial charge is 0.127 e. The van der Waals surface area contributed by atoms with Crippen LogP contribution in [-0.2, 0) is 18.4 Å². The minimum Gasteiger partial charge on any atom is -0.488 e. The SMILES string of the molecule is CC(N)Cc1cc(C(C)(C)C)cc(C(N)CN)c1OCc1ccccc1. The predicted octanol–water partition coefficient (Wildman–Crippen LogP) is 3.41. The third-order valence-corrected chi connectivity index (χ3v) is 4.48. The van der Waals surface area contributed by atoms with E-state index in [0.29, 0.717) is 13.2 Å². The molecule has 142 valence electrons. The summed E-state index contributed by atoms with van der Waals surface area (Å²) in [5, 5.41) is 0. The minimum absolute atomic E-state index is 0.00755. The van der Waals surface area contributed by atoms with Gasteiger partial charge in [-0.15, -0.1) is 0 Å². The zero-order chi connectivity index (χ0) is 19.3. The summed E-state index contributed by atoms with van der Waals surface area (Å²) < 4.78 is 6.25. The highest BCUT2D eigenvalue weighted by Gasteiger charge is 2.22. The van der Waals surface area contributed by atoms with E-state index in [9.17, 15) is 0 Å². The summed E-state index contributed by atoms with van der Waals surface area (Å²) in [7, 11) is 0. The van der Waals surface area contributed by atoms with E-state index < -0.39 is 0 Å². The quantitative estimate of drug-likeness (QED) is 0.710. The van der Waals surface area contributed by atoms with Crippen LogP contribution in [0.5, 0.6) is 5.75 Å². The number of benzene rings is 2. The summed E-state index contributed by atoms with van der Waals surface area (Å²) >= 11 is 0. The maximum Gasteiger partial charge on any atom is 0.127 e. The molecule has 0 fully saturated rings. The fourth-order valence-corrected chi connectivity index (χ4v) is 2.95. The first-order valence-electron chi connectivity index (χ1n) is 9.27. The Morgan fingerprint density at radius 2 is 1.69 bits per heavy atom. The summed E-state index contributed by atoms with van der Waals surface area (Å²) in [4.78, 5) is 0. The van der Waals surface area contributed by atoms with Crippen LogP contribution in [0.2, 0.25) is 0 Å². The Labute approximate surface area is 157 Å². The second-order valence-electron chi connectivity index (χ2n) is 8.10. The molecule has 0 spiro atoms. The van der Waals surface area contributed by atoms with E-state index in [1.165, 1.54) is 5.56 Å². The van der Waals surface area contributed by atoms with Gasteiger partial charge in [0.25, 0.3) is 0 Å². The molecule has 26 heavy (non-hydrogen) atoms. The topological polar surface area (TPSA) is 87.3 Å². The van der Waals surface area contributed by atoms with Gasteiger partial charge in [-0.3, -0.25) is 0 Å². The van der Waals surface area contributed by atoms with E-state index in [-0.39, 0.29) is 17.5 Å². The van der Waals surface area contributed by atoms with Gasteiger partial charge in [-0.05, 0) is 41.5 Å². The Bertz CT molecular complexity index is 705. The molecule has 0 aromatic heterocycles. The number of rotatable bonds is 7. The highest BCUT2D eigenvalue weighted by molar-refractivity contribution is 5.48. The first-order chi connectivity index (χ1) is 12.2. The molecule has 2 unspecified atom stereocenters. The van der Waals surface area contributed by atoms with Gasteiger partial charge in [0.1, 0.15) is 12.4 Å². The Hall–Kier alpha value is -1.88. The molecule has 0 saturated carbocycles. The van der Waals surface area contributed by atoms with Crippen molar-refractivity contribution in [3.8, 4) is 5.75 Å². The zero-order valence-electron chi connectivity index (χ0n) is 16.5. The molecule has 2 aromatic carbocycles. The Morgan fingerprint density at radius 1 is 1.04 bits per heavy atom.